The van der Waals surface area contributed by atoms with E-state index >= 15 is 0 Å². The molecular formula is C13H17ClF2N2O2S. The molecule has 1 aromatic rings. The van der Waals surface area contributed by atoms with Crippen LogP contribution >= 0.6 is 24.2 Å². The van der Waals surface area contributed by atoms with Gasteiger partial charge in [0.25, 0.3) is 5.76 Å². The van der Waals surface area contributed by atoms with Crippen molar-refractivity contribution in [3.63, 3.8) is 0 Å². The van der Waals surface area contributed by atoms with Gasteiger partial charge in [0.2, 0.25) is 5.91 Å². The van der Waals surface area contributed by atoms with E-state index in [1.54, 1.807) is 24.3 Å². The van der Waals surface area contributed by atoms with Gasteiger partial charge in [0.15, 0.2) is 0 Å². The smallest absolute Gasteiger partial charge is 0.288 e. The lowest BCUT2D eigenvalue weighted by molar-refractivity contribution is -0.117. The second-order valence-electron chi connectivity index (χ2n) is 4.35. The fraction of sp³-hybridized carbons (Fsp3) is 0.462. The summed E-state index contributed by atoms with van der Waals surface area (Å²) in [5.41, 5.74) is 0.416. The highest BCUT2D eigenvalue weighted by Crippen LogP contribution is 2.31. The maximum Gasteiger partial charge on any atom is 0.288 e. The normalized spacial score (nSPS) is 18.1. The lowest BCUT2D eigenvalue weighted by Crippen LogP contribution is -2.43. The average Bonchev–Trinajstić information content (AvgIpc) is 2.41. The highest BCUT2D eigenvalue weighted by molar-refractivity contribution is 7.99. The number of thioether (sulfide) groups is 1. The monoisotopic (exact) mass is 338 g/mol. The second kappa shape index (κ2) is 9.19. The number of carbonyl (C=O) groups is 1. The highest BCUT2D eigenvalue weighted by atomic mass is 35.5. The van der Waals surface area contributed by atoms with Crippen LogP contribution in [0, 0.1) is 0 Å². The van der Waals surface area contributed by atoms with E-state index in [1.807, 2.05) is 0 Å². The minimum absolute atomic E-state index is 0. The van der Waals surface area contributed by atoms with Crippen LogP contribution in [0.5, 0.6) is 0 Å². The molecule has 2 rings (SSSR count). The zero-order chi connectivity index (χ0) is 14.4. The molecule has 0 bridgehead atoms. The van der Waals surface area contributed by atoms with Crippen molar-refractivity contribution in [3.8, 4) is 0 Å². The van der Waals surface area contributed by atoms with Gasteiger partial charge in [0.05, 0.1) is 18.9 Å². The molecule has 0 saturated carbocycles. The first-order valence-electron chi connectivity index (χ1n) is 6.30. The summed E-state index contributed by atoms with van der Waals surface area (Å²) in [6.07, 6.45) is 0.258. The molecule has 1 aromatic carbocycles. The molecule has 0 spiro atoms. The van der Waals surface area contributed by atoms with Gasteiger partial charge in [-0.1, -0.05) is 23.9 Å². The number of para-hydroxylation sites is 1. The third-order valence-electron chi connectivity index (χ3n) is 2.81. The van der Waals surface area contributed by atoms with Crippen molar-refractivity contribution in [1.82, 2.24) is 5.32 Å². The average molecular weight is 339 g/mol. The van der Waals surface area contributed by atoms with Crippen LogP contribution in [0.1, 0.15) is 6.42 Å². The SMILES string of the molecule is Cl.O=C(CC1COCCN1)Nc1ccccc1SC(F)F. The van der Waals surface area contributed by atoms with E-state index in [0.29, 0.717) is 35.6 Å². The largest absolute Gasteiger partial charge is 0.378 e. The number of nitrogens with one attached hydrogen (secondary N) is 2. The van der Waals surface area contributed by atoms with Gasteiger partial charge in [-0.15, -0.1) is 12.4 Å². The van der Waals surface area contributed by atoms with Crippen molar-refractivity contribution in [1.29, 1.82) is 0 Å². The van der Waals surface area contributed by atoms with Gasteiger partial charge >= 0.3 is 0 Å². The number of benzene rings is 1. The fourth-order valence-electron chi connectivity index (χ4n) is 1.94. The number of halogens is 3. The molecule has 0 radical (unpaired) electrons. The van der Waals surface area contributed by atoms with E-state index in [9.17, 15) is 13.6 Å². The van der Waals surface area contributed by atoms with Crippen molar-refractivity contribution in [2.45, 2.75) is 23.1 Å². The van der Waals surface area contributed by atoms with Crippen molar-refractivity contribution in [2.75, 3.05) is 25.1 Å². The Kier molecular flexibility index (Phi) is 7.95. The van der Waals surface area contributed by atoms with Crippen LogP contribution in [-0.4, -0.2) is 37.5 Å². The molecule has 1 unspecified atom stereocenters. The van der Waals surface area contributed by atoms with Gasteiger partial charge in [0, 0.05) is 23.9 Å². The Labute approximate surface area is 132 Å². The van der Waals surface area contributed by atoms with E-state index < -0.39 is 5.76 Å². The molecule has 2 N–H and O–H groups in total. The maximum absolute atomic E-state index is 12.4. The van der Waals surface area contributed by atoms with E-state index in [0.717, 1.165) is 6.54 Å². The summed E-state index contributed by atoms with van der Waals surface area (Å²) in [5.74, 6) is -2.73. The predicted octanol–water partition coefficient (Wildman–Crippen LogP) is 2.74. The predicted molar refractivity (Wildman–Crippen MR) is 81.4 cm³/mol. The van der Waals surface area contributed by atoms with Crippen LogP contribution in [0.4, 0.5) is 14.5 Å². The second-order valence-corrected chi connectivity index (χ2v) is 5.38. The topological polar surface area (TPSA) is 50.4 Å². The molecule has 4 nitrogen and oxygen atoms in total. The first-order chi connectivity index (χ1) is 9.65. The summed E-state index contributed by atoms with van der Waals surface area (Å²) in [6.45, 7) is 1.85. The Morgan fingerprint density at radius 2 is 2.24 bits per heavy atom. The molecule has 1 amide bonds. The Bertz CT molecular complexity index is 460. The molecular weight excluding hydrogens is 322 g/mol. The number of alkyl halides is 2. The van der Waals surface area contributed by atoms with Gasteiger partial charge in [-0.3, -0.25) is 4.79 Å². The number of carbonyl (C=O) groups excluding carboxylic acids is 1. The number of anilines is 1. The van der Waals surface area contributed by atoms with Crippen molar-refractivity contribution < 1.29 is 18.3 Å². The lowest BCUT2D eigenvalue weighted by atomic mass is 10.2. The van der Waals surface area contributed by atoms with Crippen LogP contribution in [0.2, 0.25) is 0 Å². The van der Waals surface area contributed by atoms with Crippen LogP contribution in [0.3, 0.4) is 0 Å². The molecule has 21 heavy (non-hydrogen) atoms. The van der Waals surface area contributed by atoms with Gasteiger partial charge in [-0.2, -0.15) is 8.78 Å². The number of ether oxygens (including phenoxy) is 1. The van der Waals surface area contributed by atoms with E-state index in [4.69, 9.17) is 4.74 Å². The van der Waals surface area contributed by atoms with Gasteiger partial charge in [-0.25, -0.2) is 0 Å². The standard InChI is InChI=1S/C13H16F2N2O2S.ClH/c14-13(15)20-11-4-2-1-3-10(11)17-12(18)7-9-8-19-6-5-16-9;/h1-4,9,13,16H,5-8H2,(H,17,18);1H. The Morgan fingerprint density at radius 1 is 1.48 bits per heavy atom. The number of morpholine rings is 1. The van der Waals surface area contributed by atoms with Crippen molar-refractivity contribution in [3.05, 3.63) is 24.3 Å². The van der Waals surface area contributed by atoms with Gasteiger partial charge < -0.3 is 15.4 Å². The molecule has 1 aliphatic heterocycles. The summed E-state index contributed by atoms with van der Waals surface area (Å²) >= 11 is 0.425. The molecule has 8 heteroatoms. The van der Waals surface area contributed by atoms with E-state index in [-0.39, 0.29) is 30.8 Å². The number of hydrogen-bond acceptors (Lipinski definition) is 4. The zero-order valence-corrected chi connectivity index (χ0v) is 12.8. The van der Waals surface area contributed by atoms with Crippen molar-refractivity contribution in [2.24, 2.45) is 0 Å². The lowest BCUT2D eigenvalue weighted by Gasteiger charge is -2.23. The molecule has 1 fully saturated rings. The highest BCUT2D eigenvalue weighted by Gasteiger charge is 2.18. The minimum Gasteiger partial charge on any atom is -0.378 e. The summed E-state index contributed by atoms with van der Waals surface area (Å²) in [5, 5.41) is 5.85. The molecule has 0 aromatic heterocycles. The first-order valence-corrected chi connectivity index (χ1v) is 7.18. The van der Waals surface area contributed by atoms with Crippen molar-refractivity contribution >= 4 is 35.8 Å². The molecule has 118 valence electrons. The first kappa shape index (κ1) is 18.2. The fourth-order valence-corrected chi connectivity index (χ4v) is 2.54. The molecule has 1 saturated heterocycles. The molecule has 0 aliphatic carbocycles. The summed E-state index contributed by atoms with van der Waals surface area (Å²) < 4.78 is 30.1. The van der Waals surface area contributed by atoms with E-state index in [1.165, 1.54) is 0 Å². The van der Waals surface area contributed by atoms with Crippen LogP contribution < -0.4 is 10.6 Å². The summed E-state index contributed by atoms with van der Waals surface area (Å²) in [6, 6.07) is 6.52. The van der Waals surface area contributed by atoms with E-state index in [2.05, 4.69) is 10.6 Å². The maximum atomic E-state index is 12.4. The summed E-state index contributed by atoms with van der Waals surface area (Å²) in [7, 11) is 0. The summed E-state index contributed by atoms with van der Waals surface area (Å²) in [4.78, 5) is 12.3. The van der Waals surface area contributed by atoms with Gasteiger partial charge in [0.1, 0.15) is 0 Å². The Hall–Kier alpha value is -0.890. The molecule has 1 atom stereocenters. The van der Waals surface area contributed by atoms with Crippen LogP contribution in [0.25, 0.3) is 0 Å². The third-order valence-corrected chi connectivity index (χ3v) is 3.60. The zero-order valence-electron chi connectivity index (χ0n) is 11.2. The molecule has 1 heterocycles. The number of hydrogen-bond donors (Lipinski definition) is 2. The van der Waals surface area contributed by atoms with Crippen LogP contribution in [0.15, 0.2) is 29.2 Å². The Balaban J connectivity index is 0.00000220. The number of amides is 1. The minimum atomic E-state index is -2.51. The Morgan fingerprint density at radius 3 is 2.90 bits per heavy atom. The van der Waals surface area contributed by atoms with Crippen LogP contribution in [-0.2, 0) is 9.53 Å². The van der Waals surface area contributed by atoms with Gasteiger partial charge in [-0.05, 0) is 12.1 Å². The quantitative estimate of drug-likeness (QED) is 0.811. The third kappa shape index (κ3) is 6.17. The number of rotatable bonds is 5. The molecule has 1 aliphatic rings.